The molecule has 1 saturated heterocycles. The molecule has 0 spiro atoms. The van der Waals surface area contributed by atoms with Crippen LogP contribution in [0.2, 0.25) is 0 Å². The first kappa shape index (κ1) is 21.9. The quantitative estimate of drug-likeness (QED) is 0.726. The van der Waals surface area contributed by atoms with Gasteiger partial charge in [0, 0.05) is 56.7 Å². The number of likely N-dealkylation sites (tertiary alicyclic amines) is 1. The third-order valence-electron chi connectivity index (χ3n) is 7.03. The molecule has 7 heteroatoms. The van der Waals surface area contributed by atoms with Crippen LogP contribution in [0.25, 0.3) is 11.3 Å². The van der Waals surface area contributed by atoms with Gasteiger partial charge in [-0.2, -0.15) is 0 Å². The highest BCUT2D eigenvalue weighted by atomic mass is 16.5. The molecule has 1 aromatic carbocycles. The Labute approximate surface area is 193 Å². The van der Waals surface area contributed by atoms with Crippen LogP contribution in [-0.4, -0.2) is 71.6 Å². The minimum absolute atomic E-state index is 0.140. The van der Waals surface area contributed by atoms with Crippen molar-refractivity contribution < 1.29 is 24.2 Å². The molecule has 172 valence electrons. The van der Waals surface area contributed by atoms with Gasteiger partial charge in [0.1, 0.15) is 11.4 Å². The van der Waals surface area contributed by atoms with Gasteiger partial charge in [-0.25, -0.2) is 0 Å². The second kappa shape index (κ2) is 8.82. The Bertz CT molecular complexity index is 1100. The summed E-state index contributed by atoms with van der Waals surface area (Å²) in [7, 11) is 1.67. The minimum Gasteiger partial charge on any atom is -0.478 e. The van der Waals surface area contributed by atoms with Crippen molar-refractivity contribution in [3.8, 4) is 0 Å². The fourth-order valence-corrected chi connectivity index (χ4v) is 5.07. The maximum absolute atomic E-state index is 13.8. The van der Waals surface area contributed by atoms with Crippen molar-refractivity contribution in [2.24, 2.45) is 0 Å². The van der Waals surface area contributed by atoms with Crippen molar-refractivity contribution in [3.05, 3.63) is 65.0 Å². The molecule has 3 heterocycles. The normalized spacial score (nSPS) is 22.5. The Kier molecular flexibility index (Phi) is 5.86. The van der Waals surface area contributed by atoms with Crippen LogP contribution in [0, 0.1) is 0 Å². The Morgan fingerprint density at radius 1 is 1.12 bits per heavy atom. The Balaban J connectivity index is 1.47. The summed E-state index contributed by atoms with van der Waals surface area (Å²) in [6.07, 6.45) is 4.43. The van der Waals surface area contributed by atoms with E-state index in [1.54, 1.807) is 37.7 Å². The highest BCUT2D eigenvalue weighted by Gasteiger charge is 2.50. The Morgan fingerprint density at radius 2 is 1.88 bits per heavy atom. The molecule has 2 aliphatic heterocycles. The molecule has 1 N–H and O–H groups in total. The van der Waals surface area contributed by atoms with Gasteiger partial charge in [0.15, 0.2) is 11.9 Å². The maximum atomic E-state index is 13.8. The lowest BCUT2D eigenvalue weighted by Crippen LogP contribution is -2.54. The van der Waals surface area contributed by atoms with E-state index in [-0.39, 0.29) is 11.6 Å². The minimum atomic E-state index is -1.24. The fraction of sp³-hybridized carbons (Fsp3) is 0.423. The van der Waals surface area contributed by atoms with Gasteiger partial charge in [0.05, 0.1) is 12.2 Å². The van der Waals surface area contributed by atoms with Gasteiger partial charge in [0.25, 0.3) is 0 Å². The van der Waals surface area contributed by atoms with E-state index in [2.05, 4.69) is 9.88 Å². The van der Waals surface area contributed by atoms with Gasteiger partial charge in [-0.15, -0.1) is 0 Å². The monoisotopic (exact) mass is 448 g/mol. The largest absolute Gasteiger partial charge is 0.478 e. The number of benzene rings is 1. The Morgan fingerprint density at radius 3 is 2.61 bits per heavy atom. The number of aryl methyl sites for hydroxylation is 1. The van der Waals surface area contributed by atoms with Crippen LogP contribution in [0.1, 0.15) is 46.3 Å². The molecular formula is C26H28N2O5. The average Bonchev–Trinajstić information content (AvgIpc) is 3.39. The second-order valence-corrected chi connectivity index (χ2v) is 9.04. The standard InChI is InChI=1S/C26H28N2O5/c1-32-15-14-28-12-8-26(31,9-13-28)25-23(30)22(24(33-25)17-6-10-27-11-7-17)19-2-4-20-18(16-19)3-5-21(20)29/h2,4,6-7,10-11,16,25,31H,3,5,8-9,12-15H2,1H3. The van der Waals surface area contributed by atoms with E-state index in [0.717, 1.165) is 28.8 Å². The number of Topliss-reactive ketones (excluding diaryl/α,β-unsaturated/α-hetero) is 2. The summed E-state index contributed by atoms with van der Waals surface area (Å²) in [5.74, 6) is 0.396. The van der Waals surface area contributed by atoms with Crippen LogP contribution < -0.4 is 0 Å². The highest BCUT2D eigenvalue weighted by molar-refractivity contribution is 6.31. The molecule has 0 bridgehead atoms. The Hall–Kier alpha value is -2.87. The summed E-state index contributed by atoms with van der Waals surface area (Å²) < 4.78 is 11.4. The number of nitrogens with zero attached hydrogens (tertiary/aromatic N) is 2. The van der Waals surface area contributed by atoms with Gasteiger partial charge >= 0.3 is 0 Å². The predicted molar refractivity (Wildman–Crippen MR) is 123 cm³/mol. The summed E-state index contributed by atoms with van der Waals surface area (Å²) in [6, 6.07) is 9.16. The van der Waals surface area contributed by atoms with Gasteiger partial charge in [0.2, 0.25) is 5.78 Å². The van der Waals surface area contributed by atoms with E-state index in [4.69, 9.17) is 9.47 Å². The lowest BCUT2D eigenvalue weighted by Gasteiger charge is -2.40. The topological polar surface area (TPSA) is 89.0 Å². The zero-order chi connectivity index (χ0) is 23.0. The smallest absolute Gasteiger partial charge is 0.210 e. The van der Waals surface area contributed by atoms with Crippen molar-refractivity contribution in [2.75, 3.05) is 33.4 Å². The summed E-state index contributed by atoms with van der Waals surface area (Å²) >= 11 is 0. The van der Waals surface area contributed by atoms with Crippen molar-refractivity contribution >= 4 is 22.9 Å². The third-order valence-corrected chi connectivity index (χ3v) is 7.03. The van der Waals surface area contributed by atoms with E-state index in [1.807, 2.05) is 12.1 Å². The second-order valence-electron chi connectivity index (χ2n) is 9.04. The lowest BCUT2D eigenvalue weighted by atomic mass is 9.82. The van der Waals surface area contributed by atoms with Crippen LogP contribution >= 0.6 is 0 Å². The van der Waals surface area contributed by atoms with Crippen LogP contribution in [0.5, 0.6) is 0 Å². The van der Waals surface area contributed by atoms with Gasteiger partial charge < -0.3 is 19.5 Å². The number of rotatable bonds is 6. The molecule has 1 atom stereocenters. The number of methoxy groups -OCH3 is 1. The molecule has 0 amide bonds. The summed E-state index contributed by atoms with van der Waals surface area (Å²) in [5.41, 5.74) is 2.38. The number of hydrogen-bond donors (Lipinski definition) is 1. The molecule has 33 heavy (non-hydrogen) atoms. The molecule has 2 aromatic rings. The van der Waals surface area contributed by atoms with E-state index < -0.39 is 11.7 Å². The number of hydrogen-bond acceptors (Lipinski definition) is 7. The number of carbonyl (C=O) groups excluding carboxylic acids is 2. The van der Waals surface area contributed by atoms with Gasteiger partial charge in [-0.1, -0.05) is 18.2 Å². The van der Waals surface area contributed by atoms with Gasteiger partial charge in [-0.05, 0) is 42.5 Å². The number of carbonyl (C=O) groups is 2. The zero-order valence-corrected chi connectivity index (χ0v) is 18.8. The number of pyridine rings is 1. The number of ether oxygens (including phenoxy) is 2. The highest BCUT2D eigenvalue weighted by Crippen LogP contribution is 2.43. The van der Waals surface area contributed by atoms with Crippen LogP contribution in [0.15, 0.2) is 42.7 Å². The van der Waals surface area contributed by atoms with Crippen molar-refractivity contribution in [2.45, 2.75) is 37.4 Å². The number of aromatic nitrogens is 1. The molecule has 1 aliphatic carbocycles. The predicted octanol–water partition coefficient (Wildman–Crippen LogP) is 2.52. The molecule has 0 radical (unpaired) electrons. The molecule has 3 aliphatic rings. The molecular weight excluding hydrogens is 420 g/mol. The number of ketones is 2. The molecule has 1 fully saturated rings. The van der Waals surface area contributed by atoms with Crippen LogP contribution in [0.3, 0.4) is 0 Å². The number of aliphatic hydroxyl groups is 1. The molecule has 7 nitrogen and oxygen atoms in total. The van der Waals surface area contributed by atoms with E-state index in [9.17, 15) is 14.7 Å². The van der Waals surface area contributed by atoms with Crippen LogP contribution in [-0.2, 0) is 20.7 Å². The van der Waals surface area contributed by atoms with Crippen molar-refractivity contribution in [1.82, 2.24) is 9.88 Å². The van der Waals surface area contributed by atoms with Crippen molar-refractivity contribution in [1.29, 1.82) is 0 Å². The lowest BCUT2D eigenvalue weighted by molar-refractivity contribution is -0.141. The first-order valence-corrected chi connectivity index (χ1v) is 11.5. The summed E-state index contributed by atoms with van der Waals surface area (Å²) in [5, 5.41) is 11.5. The summed E-state index contributed by atoms with van der Waals surface area (Å²) in [6.45, 7) is 2.78. The van der Waals surface area contributed by atoms with Crippen LogP contribution in [0.4, 0.5) is 0 Å². The first-order valence-electron chi connectivity index (χ1n) is 11.5. The molecule has 1 aromatic heterocycles. The first-order chi connectivity index (χ1) is 16.0. The SMILES string of the molecule is COCCN1CCC(O)(C2OC(c3ccncc3)=C(c3ccc4c(c3)CCC4=O)C2=O)CC1. The number of fused-ring (bicyclic) bond motifs is 1. The molecule has 1 unspecified atom stereocenters. The molecule has 0 saturated carbocycles. The summed E-state index contributed by atoms with van der Waals surface area (Å²) in [4.78, 5) is 32.1. The van der Waals surface area contributed by atoms with E-state index >= 15 is 0 Å². The zero-order valence-electron chi connectivity index (χ0n) is 18.8. The molecule has 5 rings (SSSR count). The third kappa shape index (κ3) is 4.01. The van der Waals surface area contributed by atoms with E-state index in [1.165, 1.54) is 0 Å². The average molecular weight is 449 g/mol. The van der Waals surface area contributed by atoms with E-state index in [0.29, 0.717) is 56.7 Å². The van der Waals surface area contributed by atoms with Gasteiger partial charge in [-0.3, -0.25) is 14.6 Å². The number of piperidine rings is 1. The van der Waals surface area contributed by atoms with Crippen molar-refractivity contribution in [3.63, 3.8) is 0 Å². The maximum Gasteiger partial charge on any atom is 0.210 e. The fourth-order valence-electron chi connectivity index (χ4n) is 5.07.